The van der Waals surface area contributed by atoms with E-state index in [1.54, 1.807) is 0 Å². The third-order valence-electron chi connectivity index (χ3n) is 3.52. The first kappa shape index (κ1) is 12.2. The number of benzene rings is 1. The first-order chi connectivity index (χ1) is 9.26. The fourth-order valence-corrected chi connectivity index (χ4v) is 2.35. The highest BCUT2D eigenvalue weighted by atomic mass is 14.9. The van der Waals surface area contributed by atoms with Gasteiger partial charge in [0.15, 0.2) is 5.82 Å². The van der Waals surface area contributed by atoms with Gasteiger partial charge < -0.3 is 5.73 Å². The average molecular weight is 253 g/mol. The van der Waals surface area contributed by atoms with Gasteiger partial charge in [-0.2, -0.15) is 0 Å². The van der Waals surface area contributed by atoms with Crippen LogP contribution in [0.5, 0.6) is 0 Å². The van der Waals surface area contributed by atoms with E-state index in [-0.39, 0.29) is 0 Å². The molecule has 1 aliphatic rings. The lowest BCUT2D eigenvalue weighted by molar-refractivity contribution is 0.877. The van der Waals surface area contributed by atoms with Gasteiger partial charge in [-0.05, 0) is 30.7 Å². The maximum absolute atomic E-state index is 5.86. The summed E-state index contributed by atoms with van der Waals surface area (Å²) in [7, 11) is 0. The molecule has 2 N–H and O–H groups in total. The first-order valence-corrected chi connectivity index (χ1v) is 7.00. The number of rotatable bonds is 4. The Labute approximate surface area is 113 Å². The second kappa shape index (κ2) is 5.00. The minimum Gasteiger partial charge on any atom is -0.384 e. The van der Waals surface area contributed by atoms with Gasteiger partial charge in [0.2, 0.25) is 0 Å². The smallest absolute Gasteiger partial charge is 0.161 e. The number of aromatic nitrogens is 2. The van der Waals surface area contributed by atoms with E-state index in [9.17, 15) is 0 Å². The maximum atomic E-state index is 5.86. The molecule has 0 saturated heterocycles. The molecule has 1 aromatic heterocycles. The number of nitrogens with two attached hydrogens (primary N) is 1. The Morgan fingerprint density at radius 3 is 2.53 bits per heavy atom. The normalized spacial score (nSPS) is 14.6. The van der Waals surface area contributed by atoms with Gasteiger partial charge in [-0.3, -0.25) is 0 Å². The fraction of sp³-hybridized carbons (Fsp3) is 0.375. The van der Waals surface area contributed by atoms with Crippen molar-refractivity contribution < 1.29 is 0 Å². The summed E-state index contributed by atoms with van der Waals surface area (Å²) < 4.78 is 0. The van der Waals surface area contributed by atoms with E-state index in [2.05, 4.69) is 41.2 Å². The first-order valence-electron chi connectivity index (χ1n) is 7.00. The van der Waals surface area contributed by atoms with Crippen LogP contribution in [0.3, 0.4) is 0 Å². The Hall–Kier alpha value is -1.90. The van der Waals surface area contributed by atoms with Gasteiger partial charge in [-0.1, -0.05) is 37.6 Å². The summed E-state index contributed by atoms with van der Waals surface area (Å²) in [6.45, 7) is 2.14. The Balaban J connectivity index is 1.91. The molecule has 3 rings (SSSR count). The van der Waals surface area contributed by atoms with E-state index >= 15 is 0 Å². The molecule has 98 valence electrons. The topological polar surface area (TPSA) is 51.8 Å². The molecule has 0 spiro atoms. The van der Waals surface area contributed by atoms with Crippen LogP contribution in [0.25, 0.3) is 11.4 Å². The van der Waals surface area contributed by atoms with Crippen molar-refractivity contribution in [2.24, 2.45) is 0 Å². The molecule has 3 heteroatoms. The van der Waals surface area contributed by atoms with Crippen LogP contribution in [-0.4, -0.2) is 9.97 Å². The summed E-state index contributed by atoms with van der Waals surface area (Å²) >= 11 is 0. The Morgan fingerprint density at radius 2 is 1.89 bits per heavy atom. The van der Waals surface area contributed by atoms with Gasteiger partial charge in [0.05, 0.1) is 0 Å². The van der Waals surface area contributed by atoms with Gasteiger partial charge in [-0.25, -0.2) is 9.97 Å². The number of aryl methyl sites for hydroxylation is 1. The molecule has 1 aliphatic carbocycles. The van der Waals surface area contributed by atoms with E-state index in [4.69, 9.17) is 5.73 Å². The van der Waals surface area contributed by atoms with Gasteiger partial charge in [0, 0.05) is 17.3 Å². The summed E-state index contributed by atoms with van der Waals surface area (Å²) in [6.07, 6.45) is 4.67. The molecule has 2 aromatic rings. The fourth-order valence-electron chi connectivity index (χ4n) is 2.35. The number of hydrogen-bond donors (Lipinski definition) is 1. The monoisotopic (exact) mass is 253 g/mol. The quantitative estimate of drug-likeness (QED) is 0.906. The molecular formula is C16H19N3. The number of nitrogen functional groups attached to an aromatic ring is 1. The van der Waals surface area contributed by atoms with Crippen molar-refractivity contribution in [3.05, 3.63) is 41.6 Å². The summed E-state index contributed by atoms with van der Waals surface area (Å²) in [5, 5.41) is 0. The highest BCUT2D eigenvalue weighted by Gasteiger charge is 2.23. The predicted octanol–water partition coefficient (Wildman–Crippen LogP) is 3.56. The standard InChI is InChI=1S/C16H19N3/c1-2-3-14-10-15(17)19-16(18-14)13-8-6-12(7-9-13)11-4-5-11/h6-11H,2-5H2,1H3,(H2,17,18,19). The second-order valence-electron chi connectivity index (χ2n) is 5.25. The van der Waals surface area contributed by atoms with Gasteiger partial charge in [0.25, 0.3) is 0 Å². The maximum Gasteiger partial charge on any atom is 0.161 e. The Bertz CT molecular complexity index is 571. The van der Waals surface area contributed by atoms with Gasteiger partial charge >= 0.3 is 0 Å². The van der Waals surface area contributed by atoms with Crippen LogP contribution >= 0.6 is 0 Å². The summed E-state index contributed by atoms with van der Waals surface area (Å²) in [5.74, 6) is 2.08. The molecule has 1 aromatic carbocycles. The number of nitrogens with zero attached hydrogens (tertiary/aromatic N) is 2. The third-order valence-corrected chi connectivity index (χ3v) is 3.52. The minimum absolute atomic E-state index is 0.555. The third kappa shape index (κ3) is 2.75. The van der Waals surface area contributed by atoms with Crippen molar-refractivity contribution in [2.75, 3.05) is 5.73 Å². The average Bonchev–Trinajstić information content (AvgIpc) is 3.23. The van der Waals surface area contributed by atoms with Crippen molar-refractivity contribution >= 4 is 5.82 Å². The van der Waals surface area contributed by atoms with Gasteiger partial charge in [-0.15, -0.1) is 0 Å². The molecular weight excluding hydrogens is 234 g/mol. The largest absolute Gasteiger partial charge is 0.384 e. The molecule has 0 atom stereocenters. The lowest BCUT2D eigenvalue weighted by Crippen LogP contribution is -2.00. The Morgan fingerprint density at radius 1 is 1.16 bits per heavy atom. The molecule has 0 amide bonds. The van der Waals surface area contributed by atoms with Crippen molar-refractivity contribution in [2.45, 2.75) is 38.5 Å². The van der Waals surface area contributed by atoms with E-state index in [1.165, 1.54) is 18.4 Å². The van der Waals surface area contributed by atoms with E-state index in [1.807, 2.05) is 6.07 Å². The van der Waals surface area contributed by atoms with E-state index in [0.717, 1.165) is 35.8 Å². The van der Waals surface area contributed by atoms with Crippen LogP contribution in [0, 0.1) is 0 Å². The molecule has 0 aliphatic heterocycles. The van der Waals surface area contributed by atoms with Gasteiger partial charge in [0.1, 0.15) is 5.82 Å². The second-order valence-corrected chi connectivity index (χ2v) is 5.25. The highest BCUT2D eigenvalue weighted by Crippen LogP contribution is 2.40. The zero-order chi connectivity index (χ0) is 13.2. The van der Waals surface area contributed by atoms with Crippen molar-refractivity contribution in [1.29, 1.82) is 0 Å². The molecule has 1 saturated carbocycles. The summed E-state index contributed by atoms with van der Waals surface area (Å²) in [4.78, 5) is 8.94. The minimum atomic E-state index is 0.555. The zero-order valence-corrected chi connectivity index (χ0v) is 11.3. The van der Waals surface area contributed by atoms with E-state index in [0.29, 0.717) is 5.82 Å². The van der Waals surface area contributed by atoms with Crippen LogP contribution < -0.4 is 5.73 Å². The molecule has 1 heterocycles. The molecule has 0 radical (unpaired) electrons. The van der Waals surface area contributed by atoms with Crippen LogP contribution in [0.15, 0.2) is 30.3 Å². The molecule has 0 bridgehead atoms. The highest BCUT2D eigenvalue weighted by molar-refractivity contribution is 5.57. The zero-order valence-electron chi connectivity index (χ0n) is 11.3. The van der Waals surface area contributed by atoms with Crippen molar-refractivity contribution in [3.8, 4) is 11.4 Å². The lowest BCUT2D eigenvalue weighted by Gasteiger charge is -2.06. The summed E-state index contributed by atoms with van der Waals surface area (Å²) in [6, 6.07) is 10.5. The molecule has 0 unspecified atom stereocenters. The molecule has 3 nitrogen and oxygen atoms in total. The summed E-state index contributed by atoms with van der Waals surface area (Å²) in [5.41, 5.74) is 9.37. The van der Waals surface area contributed by atoms with E-state index < -0.39 is 0 Å². The number of anilines is 1. The van der Waals surface area contributed by atoms with Crippen molar-refractivity contribution in [3.63, 3.8) is 0 Å². The van der Waals surface area contributed by atoms with Crippen LogP contribution in [0.1, 0.15) is 43.4 Å². The Kier molecular flexibility index (Phi) is 3.20. The molecule has 19 heavy (non-hydrogen) atoms. The number of hydrogen-bond acceptors (Lipinski definition) is 3. The lowest BCUT2D eigenvalue weighted by atomic mass is 10.1. The van der Waals surface area contributed by atoms with Crippen LogP contribution in [-0.2, 0) is 6.42 Å². The predicted molar refractivity (Wildman–Crippen MR) is 77.9 cm³/mol. The SMILES string of the molecule is CCCc1cc(N)nc(-c2ccc(C3CC3)cc2)n1. The van der Waals surface area contributed by atoms with Crippen LogP contribution in [0.2, 0.25) is 0 Å². The molecule has 1 fully saturated rings. The van der Waals surface area contributed by atoms with Crippen LogP contribution in [0.4, 0.5) is 5.82 Å². The van der Waals surface area contributed by atoms with Crippen molar-refractivity contribution in [1.82, 2.24) is 9.97 Å².